The smallest absolute Gasteiger partial charge is 0.319 e. The SMILES string of the molecule is CNC(=O)c1ccccc1C#CCNC(=O)Nc1ccc(OC)cc1. The number of hydrogen-bond donors (Lipinski definition) is 3. The van der Waals surface area contributed by atoms with Crippen molar-refractivity contribution in [1.82, 2.24) is 10.6 Å². The summed E-state index contributed by atoms with van der Waals surface area (Å²) in [6.07, 6.45) is 0. The van der Waals surface area contributed by atoms with Gasteiger partial charge in [-0.05, 0) is 36.4 Å². The maximum atomic E-state index is 11.8. The Hall–Kier alpha value is -3.46. The molecule has 25 heavy (non-hydrogen) atoms. The van der Waals surface area contributed by atoms with Gasteiger partial charge in [-0.3, -0.25) is 4.79 Å². The van der Waals surface area contributed by atoms with Crippen LogP contribution < -0.4 is 20.7 Å². The molecule has 0 aliphatic heterocycles. The molecular formula is C19H19N3O3. The number of carbonyl (C=O) groups excluding carboxylic acids is 2. The van der Waals surface area contributed by atoms with Gasteiger partial charge in [-0.2, -0.15) is 0 Å². The fourth-order valence-electron chi connectivity index (χ4n) is 2.04. The highest BCUT2D eigenvalue weighted by Crippen LogP contribution is 2.14. The van der Waals surface area contributed by atoms with Gasteiger partial charge in [0, 0.05) is 18.3 Å². The van der Waals surface area contributed by atoms with Gasteiger partial charge in [0.15, 0.2) is 0 Å². The summed E-state index contributed by atoms with van der Waals surface area (Å²) in [7, 11) is 3.15. The Kier molecular flexibility index (Phi) is 6.43. The van der Waals surface area contributed by atoms with Crippen LogP contribution in [-0.4, -0.2) is 32.6 Å². The van der Waals surface area contributed by atoms with Crippen LogP contribution in [0.5, 0.6) is 5.75 Å². The molecular weight excluding hydrogens is 318 g/mol. The predicted molar refractivity (Wildman–Crippen MR) is 96.7 cm³/mol. The van der Waals surface area contributed by atoms with Crippen molar-refractivity contribution in [1.29, 1.82) is 0 Å². The number of ether oxygens (including phenoxy) is 1. The van der Waals surface area contributed by atoms with Crippen LogP contribution in [0.15, 0.2) is 48.5 Å². The Morgan fingerprint density at radius 2 is 1.80 bits per heavy atom. The van der Waals surface area contributed by atoms with E-state index in [-0.39, 0.29) is 18.5 Å². The second kappa shape index (κ2) is 8.99. The van der Waals surface area contributed by atoms with Crippen LogP contribution in [0, 0.1) is 11.8 Å². The van der Waals surface area contributed by atoms with Crippen molar-refractivity contribution < 1.29 is 14.3 Å². The van der Waals surface area contributed by atoms with Gasteiger partial charge >= 0.3 is 6.03 Å². The average molecular weight is 337 g/mol. The topological polar surface area (TPSA) is 79.5 Å². The van der Waals surface area contributed by atoms with Crippen molar-refractivity contribution in [3.8, 4) is 17.6 Å². The fourth-order valence-corrected chi connectivity index (χ4v) is 2.04. The van der Waals surface area contributed by atoms with Gasteiger partial charge in [0.2, 0.25) is 0 Å². The zero-order chi connectivity index (χ0) is 18.1. The number of amides is 3. The van der Waals surface area contributed by atoms with E-state index in [1.807, 2.05) is 0 Å². The molecule has 128 valence electrons. The van der Waals surface area contributed by atoms with Crippen LogP contribution in [0.3, 0.4) is 0 Å². The molecule has 0 heterocycles. The maximum Gasteiger partial charge on any atom is 0.319 e. The van der Waals surface area contributed by atoms with E-state index in [0.29, 0.717) is 22.6 Å². The zero-order valence-electron chi connectivity index (χ0n) is 14.1. The summed E-state index contributed by atoms with van der Waals surface area (Å²) in [5.74, 6) is 6.24. The number of carbonyl (C=O) groups is 2. The van der Waals surface area contributed by atoms with E-state index in [4.69, 9.17) is 4.74 Å². The molecule has 2 rings (SSSR count). The van der Waals surface area contributed by atoms with Gasteiger partial charge < -0.3 is 20.7 Å². The minimum atomic E-state index is -0.362. The van der Waals surface area contributed by atoms with Gasteiger partial charge in [-0.1, -0.05) is 24.0 Å². The summed E-state index contributed by atoms with van der Waals surface area (Å²) in [4.78, 5) is 23.6. The van der Waals surface area contributed by atoms with Crippen LogP contribution in [0.25, 0.3) is 0 Å². The van der Waals surface area contributed by atoms with Crippen LogP contribution in [-0.2, 0) is 0 Å². The number of methoxy groups -OCH3 is 1. The Labute approximate surface area is 146 Å². The summed E-state index contributed by atoms with van der Waals surface area (Å²) < 4.78 is 5.06. The monoisotopic (exact) mass is 337 g/mol. The van der Waals surface area contributed by atoms with E-state index in [9.17, 15) is 9.59 Å². The third-order valence-electron chi connectivity index (χ3n) is 3.31. The van der Waals surface area contributed by atoms with Gasteiger partial charge in [0.05, 0.1) is 19.2 Å². The van der Waals surface area contributed by atoms with Gasteiger partial charge in [-0.15, -0.1) is 0 Å². The minimum Gasteiger partial charge on any atom is -0.497 e. The number of benzene rings is 2. The second-order valence-electron chi connectivity index (χ2n) is 4.96. The van der Waals surface area contributed by atoms with Crippen LogP contribution in [0.4, 0.5) is 10.5 Å². The molecule has 0 fully saturated rings. The van der Waals surface area contributed by atoms with Crippen molar-refractivity contribution in [2.45, 2.75) is 0 Å². The molecule has 6 nitrogen and oxygen atoms in total. The lowest BCUT2D eigenvalue weighted by atomic mass is 10.1. The van der Waals surface area contributed by atoms with Crippen molar-refractivity contribution in [3.63, 3.8) is 0 Å². The van der Waals surface area contributed by atoms with Crippen molar-refractivity contribution in [2.75, 3.05) is 26.0 Å². The van der Waals surface area contributed by atoms with Crippen LogP contribution >= 0.6 is 0 Å². The second-order valence-corrected chi connectivity index (χ2v) is 4.96. The molecule has 0 bridgehead atoms. The molecule has 2 aromatic carbocycles. The molecule has 0 aromatic heterocycles. The normalized spacial score (nSPS) is 9.36. The molecule has 2 aromatic rings. The minimum absolute atomic E-state index is 0.157. The van der Waals surface area contributed by atoms with Crippen LogP contribution in [0.2, 0.25) is 0 Å². The molecule has 0 aliphatic rings. The third kappa shape index (κ3) is 5.29. The first-order valence-electron chi connectivity index (χ1n) is 7.63. The first-order chi connectivity index (χ1) is 12.1. The van der Waals surface area contributed by atoms with Gasteiger partial charge in [0.1, 0.15) is 5.75 Å². The molecule has 3 N–H and O–H groups in total. The highest BCUT2D eigenvalue weighted by Gasteiger charge is 2.06. The number of hydrogen-bond acceptors (Lipinski definition) is 3. The lowest BCUT2D eigenvalue weighted by Crippen LogP contribution is -2.28. The lowest BCUT2D eigenvalue weighted by Gasteiger charge is -2.06. The first-order valence-corrected chi connectivity index (χ1v) is 7.63. The highest BCUT2D eigenvalue weighted by atomic mass is 16.5. The molecule has 0 radical (unpaired) electrons. The third-order valence-corrected chi connectivity index (χ3v) is 3.31. The van der Waals surface area contributed by atoms with Crippen molar-refractivity contribution in [2.24, 2.45) is 0 Å². The average Bonchev–Trinajstić information content (AvgIpc) is 2.65. The summed E-state index contributed by atoms with van der Waals surface area (Å²) in [6, 6.07) is 13.7. The maximum absolute atomic E-state index is 11.8. The molecule has 0 spiro atoms. The quantitative estimate of drug-likeness (QED) is 0.749. The Balaban J connectivity index is 1.89. The van der Waals surface area contributed by atoms with Crippen molar-refractivity contribution >= 4 is 17.6 Å². The highest BCUT2D eigenvalue weighted by molar-refractivity contribution is 5.96. The van der Waals surface area contributed by atoms with E-state index < -0.39 is 0 Å². The molecule has 0 saturated carbocycles. The first kappa shape index (κ1) is 17.9. The molecule has 0 atom stereocenters. The van der Waals surface area contributed by atoms with E-state index in [2.05, 4.69) is 27.8 Å². The summed E-state index contributed by atoms with van der Waals surface area (Å²) in [6.45, 7) is 0.157. The predicted octanol–water partition coefficient (Wildman–Crippen LogP) is 2.23. The number of nitrogens with one attached hydrogen (secondary N) is 3. The molecule has 0 aliphatic carbocycles. The van der Waals surface area contributed by atoms with Crippen LogP contribution in [0.1, 0.15) is 15.9 Å². The molecule has 0 saturated heterocycles. The van der Waals surface area contributed by atoms with Gasteiger partial charge in [0.25, 0.3) is 5.91 Å². The number of anilines is 1. The van der Waals surface area contributed by atoms with E-state index in [1.54, 1.807) is 62.7 Å². The van der Waals surface area contributed by atoms with Gasteiger partial charge in [-0.25, -0.2) is 4.79 Å². The Morgan fingerprint density at radius 1 is 1.08 bits per heavy atom. The van der Waals surface area contributed by atoms with E-state index in [1.165, 1.54) is 0 Å². The molecule has 0 unspecified atom stereocenters. The summed E-state index contributed by atoms with van der Waals surface area (Å²) >= 11 is 0. The summed E-state index contributed by atoms with van der Waals surface area (Å²) in [5, 5.41) is 7.90. The zero-order valence-corrected chi connectivity index (χ0v) is 14.1. The number of urea groups is 1. The summed E-state index contributed by atoms with van der Waals surface area (Å²) in [5.41, 5.74) is 1.76. The van der Waals surface area contributed by atoms with E-state index in [0.717, 1.165) is 0 Å². The van der Waals surface area contributed by atoms with Crippen molar-refractivity contribution in [3.05, 3.63) is 59.7 Å². The molecule has 6 heteroatoms. The lowest BCUT2D eigenvalue weighted by molar-refractivity contribution is 0.0963. The number of rotatable bonds is 4. The largest absolute Gasteiger partial charge is 0.497 e. The Morgan fingerprint density at radius 3 is 2.48 bits per heavy atom. The fraction of sp³-hybridized carbons (Fsp3) is 0.158. The standard InChI is InChI=1S/C19H19N3O3/c1-20-18(23)17-8-4-3-6-14(17)7-5-13-21-19(24)22-15-9-11-16(25-2)12-10-15/h3-4,6,8-12H,13H2,1-2H3,(H,20,23)(H2,21,22,24). The molecule has 3 amide bonds. The van der Waals surface area contributed by atoms with E-state index >= 15 is 0 Å². The Bertz CT molecular complexity index is 805.